The normalized spacial score (nSPS) is 12.3. The van der Waals surface area contributed by atoms with E-state index in [4.69, 9.17) is 0 Å². The highest BCUT2D eigenvalue weighted by molar-refractivity contribution is 5.96. The van der Waals surface area contributed by atoms with Crippen LogP contribution in [-0.2, 0) is 0 Å². The largest absolute Gasteiger partial charge is 0.385 e. The molecule has 1 rings (SSSR count). The Balaban J connectivity index is 2.86. The van der Waals surface area contributed by atoms with Gasteiger partial charge in [0.1, 0.15) is 0 Å². The SMILES string of the molecule is CCNc1ccc(C(=O)N(C)C(C)CC(C)C)c(C)c1. The van der Waals surface area contributed by atoms with Gasteiger partial charge in [0, 0.05) is 30.9 Å². The van der Waals surface area contributed by atoms with Gasteiger partial charge in [-0.15, -0.1) is 0 Å². The lowest BCUT2D eigenvalue weighted by molar-refractivity contribution is 0.0727. The predicted octanol–water partition coefficient (Wildman–Crippen LogP) is 3.93. The minimum Gasteiger partial charge on any atom is -0.385 e. The van der Waals surface area contributed by atoms with Crippen LogP contribution in [0.5, 0.6) is 0 Å². The summed E-state index contributed by atoms with van der Waals surface area (Å²) >= 11 is 0. The topological polar surface area (TPSA) is 32.3 Å². The van der Waals surface area contributed by atoms with E-state index in [9.17, 15) is 4.79 Å². The molecular weight excluding hydrogens is 248 g/mol. The summed E-state index contributed by atoms with van der Waals surface area (Å²) in [5.41, 5.74) is 2.89. The number of hydrogen-bond acceptors (Lipinski definition) is 2. The standard InChI is InChI=1S/C17H28N2O/c1-7-18-15-8-9-16(13(4)11-15)17(20)19(6)14(5)10-12(2)3/h8-9,11-12,14,18H,7,10H2,1-6H3. The fraction of sp³-hybridized carbons (Fsp3) is 0.588. The molecule has 0 aliphatic carbocycles. The number of anilines is 1. The van der Waals surface area contributed by atoms with Gasteiger partial charge in [-0.1, -0.05) is 13.8 Å². The Bertz CT molecular complexity index is 454. The van der Waals surface area contributed by atoms with E-state index >= 15 is 0 Å². The van der Waals surface area contributed by atoms with Crippen LogP contribution in [0.2, 0.25) is 0 Å². The fourth-order valence-electron chi connectivity index (χ4n) is 2.45. The Morgan fingerprint density at radius 3 is 2.45 bits per heavy atom. The van der Waals surface area contributed by atoms with Crippen molar-refractivity contribution in [2.75, 3.05) is 18.9 Å². The van der Waals surface area contributed by atoms with Crippen LogP contribution in [0, 0.1) is 12.8 Å². The zero-order valence-corrected chi connectivity index (χ0v) is 13.7. The van der Waals surface area contributed by atoms with Crippen molar-refractivity contribution in [3.05, 3.63) is 29.3 Å². The number of amides is 1. The van der Waals surface area contributed by atoms with Crippen molar-refractivity contribution < 1.29 is 4.79 Å². The van der Waals surface area contributed by atoms with E-state index in [0.29, 0.717) is 5.92 Å². The summed E-state index contributed by atoms with van der Waals surface area (Å²) in [6, 6.07) is 6.20. The molecule has 112 valence electrons. The van der Waals surface area contributed by atoms with Gasteiger partial charge in [0.15, 0.2) is 0 Å². The van der Waals surface area contributed by atoms with Crippen molar-refractivity contribution in [2.45, 2.75) is 47.1 Å². The first-order valence-corrected chi connectivity index (χ1v) is 7.48. The highest BCUT2D eigenvalue weighted by atomic mass is 16.2. The van der Waals surface area contributed by atoms with Gasteiger partial charge in [0.25, 0.3) is 5.91 Å². The third-order valence-corrected chi connectivity index (χ3v) is 3.63. The maximum atomic E-state index is 12.6. The van der Waals surface area contributed by atoms with E-state index in [1.165, 1.54) is 0 Å². The number of benzene rings is 1. The summed E-state index contributed by atoms with van der Waals surface area (Å²) in [4.78, 5) is 14.4. The Labute approximate surface area is 123 Å². The maximum absolute atomic E-state index is 12.6. The lowest BCUT2D eigenvalue weighted by Crippen LogP contribution is -2.36. The molecule has 1 atom stereocenters. The van der Waals surface area contributed by atoms with Gasteiger partial charge in [0.05, 0.1) is 0 Å². The summed E-state index contributed by atoms with van der Waals surface area (Å²) in [6.07, 6.45) is 1.02. The molecule has 3 nitrogen and oxygen atoms in total. The Morgan fingerprint density at radius 1 is 1.30 bits per heavy atom. The summed E-state index contributed by atoms with van der Waals surface area (Å²) in [5.74, 6) is 0.705. The second-order valence-corrected chi connectivity index (χ2v) is 5.95. The van der Waals surface area contributed by atoms with Gasteiger partial charge in [-0.25, -0.2) is 0 Å². The molecular formula is C17H28N2O. The van der Waals surface area contributed by atoms with E-state index in [2.05, 4.69) is 33.0 Å². The van der Waals surface area contributed by atoms with Crippen molar-refractivity contribution in [1.29, 1.82) is 0 Å². The van der Waals surface area contributed by atoms with Gasteiger partial charge in [-0.3, -0.25) is 4.79 Å². The van der Waals surface area contributed by atoms with Crippen LogP contribution in [0.3, 0.4) is 0 Å². The average molecular weight is 276 g/mol. The lowest BCUT2D eigenvalue weighted by atomic mass is 10.0. The van der Waals surface area contributed by atoms with Gasteiger partial charge in [-0.05, 0) is 56.9 Å². The molecule has 0 fully saturated rings. The molecule has 0 radical (unpaired) electrons. The molecule has 0 saturated carbocycles. The number of nitrogens with zero attached hydrogens (tertiary/aromatic N) is 1. The smallest absolute Gasteiger partial charge is 0.254 e. The fourth-order valence-corrected chi connectivity index (χ4v) is 2.45. The zero-order valence-electron chi connectivity index (χ0n) is 13.7. The van der Waals surface area contributed by atoms with E-state index in [1.54, 1.807) is 0 Å². The predicted molar refractivity (Wildman–Crippen MR) is 86.4 cm³/mol. The highest BCUT2D eigenvalue weighted by Crippen LogP contribution is 2.19. The number of carbonyl (C=O) groups excluding carboxylic acids is 1. The molecule has 3 heteroatoms. The van der Waals surface area contributed by atoms with Crippen LogP contribution in [-0.4, -0.2) is 30.4 Å². The number of aryl methyl sites for hydroxylation is 1. The maximum Gasteiger partial charge on any atom is 0.254 e. The summed E-state index contributed by atoms with van der Waals surface area (Å²) in [5, 5.41) is 3.27. The first kappa shape index (κ1) is 16.5. The minimum atomic E-state index is 0.110. The minimum absolute atomic E-state index is 0.110. The van der Waals surface area contributed by atoms with Crippen molar-refractivity contribution >= 4 is 11.6 Å². The monoisotopic (exact) mass is 276 g/mol. The van der Waals surface area contributed by atoms with Crippen LogP contribution in [0.25, 0.3) is 0 Å². The molecule has 1 unspecified atom stereocenters. The molecule has 0 saturated heterocycles. The molecule has 0 spiro atoms. The number of hydrogen-bond donors (Lipinski definition) is 1. The Kier molecular flexibility index (Phi) is 6.05. The van der Waals surface area contributed by atoms with Crippen molar-refractivity contribution in [3.63, 3.8) is 0 Å². The highest BCUT2D eigenvalue weighted by Gasteiger charge is 2.19. The number of nitrogens with one attached hydrogen (secondary N) is 1. The molecule has 0 aliphatic heterocycles. The molecule has 1 aromatic carbocycles. The van der Waals surface area contributed by atoms with Crippen LogP contribution in [0.4, 0.5) is 5.69 Å². The van der Waals surface area contributed by atoms with E-state index < -0.39 is 0 Å². The van der Waals surface area contributed by atoms with Crippen molar-refractivity contribution in [2.24, 2.45) is 5.92 Å². The van der Waals surface area contributed by atoms with E-state index in [-0.39, 0.29) is 11.9 Å². The third kappa shape index (κ3) is 4.26. The van der Waals surface area contributed by atoms with Crippen LogP contribution in [0.1, 0.15) is 50.0 Å². The van der Waals surface area contributed by atoms with Crippen LogP contribution in [0.15, 0.2) is 18.2 Å². The number of rotatable bonds is 6. The molecule has 0 bridgehead atoms. The van der Waals surface area contributed by atoms with Crippen LogP contribution < -0.4 is 5.32 Å². The van der Waals surface area contributed by atoms with Gasteiger partial charge in [-0.2, -0.15) is 0 Å². The van der Waals surface area contributed by atoms with Crippen molar-refractivity contribution in [3.8, 4) is 0 Å². The van der Waals surface area contributed by atoms with E-state index in [0.717, 1.165) is 29.8 Å². The van der Waals surface area contributed by atoms with Crippen molar-refractivity contribution in [1.82, 2.24) is 4.90 Å². The summed E-state index contributed by atoms with van der Waals surface area (Å²) < 4.78 is 0. The van der Waals surface area contributed by atoms with Gasteiger partial charge in [0.2, 0.25) is 0 Å². The molecule has 1 amide bonds. The first-order chi connectivity index (χ1) is 9.36. The van der Waals surface area contributed by atoms with Crippen LogP contribution >= 0.6 is 0 Å². The molecule has 0 aromatic heterocycles. The molecule has 20 heavy (non-hydrogen) atoms. The second kappa shape index (κ2) is 7.32. The summed E-state index contributed by atoms with van der Waals surface area (Å²) in [7, 11) is 1.90. The molecule has 0 heterocycles. The first-order valence-electron chi connectivity index (χ1n) is 7.48. The quantitative estimate of drug-likeness (QED) is 0.853. The average Bonchev–Trinajstić information content (AvgIpc) is 2.37. The third-order valence-electron chi connectivity index (χ3n) is 3.63. The van der Waals surface area contributed by atoms with E-state index in [1.807, 2.05) is 37.1 Å². The molecule has 1 N–H and O–H groups in total. The lowest BCUT2D eigenvalue weighted by Gasteiger charge is -2.27. The molecule has 0 aliphatic rings. The Morgan fingerprint density at radius 2 is 1.95 bits per heavy atom. The number of carbonyl (C=O) groups is 1. The second-order valence-electron chi connectivity index (χ2n) is 5.95. The molecule has 1 aromatic rings. The van der Waals surface area contributed by atoms with Gasteiger partial charge >= 0.3 is 0 Å². The Hall–Kier alpha value is -1.51. The summed E-state index contributed by atoms with van der Waals surface area (Å²) in [6.45, 7) is 11.4. The zero-order chi connectivity index (χ0) is 15.3. The van der Waals surface area contributed by atoms with Gasteiger partial charge < -0.3 is 10.2 Å².